The van der Waals surface area contributed by atoms with Gasteiger partial charge in [0.05, 0.1) is 6.04 Å². The standard InChI is InChI=1S/C24H29N3O2S/c1-27-20(17-30-24(27)26-18-8-4-2-5-9-18)16-23(28)25-19-12-14-22(15-13-19)29-21-10-6-3-7-11-21/h3,6-7,10-15,18,20H,2,4-5,8-9,16-17H2,1H3,(H,25,28). The van der Waals surface area contributed by atoms with E-state index in [4.69, 9.17) is 9.73 Å². The minimum atomic E-state index is 0.0306. The molecule has 1 unspecified atom stereocenters. The van der Waals surface area contributed by atoms with Crippen LogP contribution in [0.2, 0.25) is 0 Å². The van der Waals surface area contributed by atoms with Crippen LogP contribution in [0.25, 0.3) is 0 Å². The molecule has 2 fully saturated rings. The van der Waals surface area contributed by atoms with Crippen molar-refractivity contribution in [2.45, 2.75) is 50.6 Å². The molecule has 0 aromatic heterocycles. The average molecular weight is 424 g/mol. The molecule has 158 valence electrons. The number of carbonyl (C=O) groups excluding carboxylic acids is 1. The van der Waals surface area contributed by atoms with Crippen molar-refractivity contribution < 1.29 is 9.53 Å². The van der Waals surface area contributed by atoms with Crippen molar-refractivity contribution in [2.75, 3.05) is 18.1 Å². The van der Waals surface area contributed by atoms with E-state index in [0.29, 0.717) is 12.5 Å². The maximum atomic E-state index is 12.6. The van der Waals surface area contributed by atoms with Gasteiger partial charge in [0.15, 0.2) is 5.17 Å². The van der Waals surface area contributed by atoms with E-state index in [1.54, 1.807) is 11.8 Å². The first-order valence-electron chi connectivity index (χ1n) is 10.7. The molecule has 1 saturated carbocycles. The summed E-state index contributed by atoms with van der Waals surface area (Å²) in [4.78, 5) is 19.7. The molecule has 2 aromatic carbocycles. The monoisotopic (exact) mass is 423 g/mol. The molecule has 1 aliphatic carbocycles. The van der Waals surface area contributed by atoms with Crippen molar-refractivity contribution in [3.05, 3.63) is 54.6 Å². The zero-order valence-electron chi connectivity index (χ0n) is 17.4. The van der Waals surface area contributed by atoms with Gasteiger partial charge in [-0.25, -0.2) is 0 Å². The van der Waals surface area contributed by atoms with E-state index in [-0.39, 0.29) is 11.9 Å². The third-order valence-electron chi connectivity index (χ3n) is 5.66. The number of para-hydroxylation sites is 1. The lowest BCUT2D eigenvalue weighted by Gasteiger charge is -2.23. The second kappa shape index (κ2) is 10.0. The Balaban J connectivity index is 1.27. The van der Waals surface area contributed by atoms with Gasteiger partial charge in [-0.2, -0.15) is 0 Å². The zero-order valence-corrected chi connectivity index (χ0v) is 18.2. The van der Waals surface area contributed by atoms with Crippen molar-refractivity contribution in [2.24, 2.45) is 4.99 Å². The zero-order chi connectivity index (χ0) is 20.8. The molecule has 1 amide bonds. The minimum absolute atomic E-state index is 0.0306. The maximum absolute atomic E-state index is 12.6. The Morgan fingerprint density at radius 2 is 1.77 bits per heavy atom. The molecule has 6 heteroatoms. The lowest BCUT2D eigenvalue weighted by atomic mass is 9.96. The van der Waals surface area contributed by atoms with Crippen molar-refractivity contribution in [1.29, 1.82) is 0 Å². The van der Waals surface area contributed by atoms with Gasteiger partial charge in [-0.15, -0.1) is 0 Å². The van der Waals surface area contributed by atoms with E-state index in [1.807, 2.05) is 54.6 Å². The van der Waals surface area contributed by atoms with Crippen LogP contribution in [-0.4, -0.2) is 40.9 Å². The van der Waals surface area contributed by atoms with Crippen LogP contribution >= 0.6 is 11.8 Å². The number of nitrogens with one attached hydrogen (secondary N) is 1. The first kappa shape index (κ1) is 20.8. The average Bonchev–Trinajstić information content (AvgIpc) is 3.10. The fourth-order valence-electron chi connectivity index (χ4n) is 3.89. The summed E-state index contributed by atoms with van der Waals surface area (Å²) in [5, 5.41) is 4.11. The number of benzene rings is 2. The van der Waals surface area contributed by atoms with Crippen LogP contribution < -0.4 is 10.1 Å². The molecule has 5 nitrogen and oxygen atoms in total. The number of rotatable bonds is 6. The topological polar surface area (TPSA) is 53.9 Å². The van der Waals surface area contributed by atoms with E-state index in [1.165, 1.54) is 32.1 Å². The molecule has 0 spiro atoms. The van der Waals surface area contributed by atoms with E-state index in [0.717, 1.165) is 28.1 Å². The summed E-state index contributed by atoms with van der Waals surface area (Å²) >= 11 is 1.78. The summed E-state index contributed by atoms with van der Waals surface area (Å²) in [7, 11) is 2.06. The summed E-state index contributed by atoms with van der Waals surface area (Å²) in [6, 6.07) is 17.8. The predicted molar refractivity (Wildman–Crippen MR) is 125 cm³/mol. The second-order valence-corrected chi connectivity index (χ2v) is 8.96. The fourth-order valence-corrected chi connectivity index (χ4v) is 5.15. The number of carbonyl (C=O) groups is 1. The number of nitrogens with zero attached hydrogens (tertiary/aromatic N) is 2. The van der Waals surface area contributed by atoms with Gasteiger partial charge in [0.25, 0.3) is 0 Å². The highest BCUT2D eigenvalue weighted by Gasteiger charge is 2.29. The molecule has 1 saturated heterocycles. The number of aliphatic imine (C=N–C) groups is 1. The summed E-state index contributed by atoms with van der Waals surface area (Å²) in [6.07, 6.45) is 6.79. The van der Waals surface area contributed by atoms with Crippen LogP contribution in [0, 0.1) is 0 Å². The number of anilines is 1. The Morgan fingerprint density at radius 1 is 1.07 bits per heavy atom. The van der Waals surface area contributed by atoms with Crippen LogP contribution in [-0.2, 0) is 4.79 Å². The first-order valence-corrected chi connectivity index (χ1v) is 11.7. The summed E-state index contributed by atoms with van der Waals surface area (Å²) in [5.41, 5.74) is 0.782. The van der Waals surface area contributed by atoms with Crippen LogP contribution in [0.15, 0.2) is 59.6 Å². The number of hydrogen-bond donors (Lipinski definition) is 1. The van der Waals surface area contributed by atoms with E-state index in [2.05, 4.69) is 17.3 Å². The fraction of sp³-hybridized carbons (Fsp3) is 0.417. The van der Waals surface area contributed by atoms with Crippen LogP contribution in [0.1, 0.15) is 38.5 Å². The molecule has 4 rings (SSSR count). The van der Waals surface area contributed by atoms with Gasteiger partial charge < -0.3 is 15.0 Å². The number of hydrogen-bond acceptors (Lipinski definition) is 4. The summed E-state index contributed by atoms with van der Waals surface area (Å²) in [6.45, 7) is 0. The van der Waals surface area contributed by atoms with Crippen molar-refractivity contribution >= 4 is 28.5 Å². The quantitative estimate of drug-likeness (QED) is 0.662. The molecule has 2 aliphatic rings. The third-order valence-corrected chi connectivity index (χ3v) is 6.86. The number of ether oxygens (including phenoxy) is 1. The van der Waals surface area contributed by atoms with Crippen molar-refractivity contribution in [1.82, 2.24) is 4.90 Å². The summed E-state index contributed by atoms with van der Waals surface area (Å²) in [5.74, 6) is 2.49. The normalized spacial score (nSPS) is 21.0. The summed E-state index contributed by atoms with van der Waals surface area (Å²) < 4.78 is 5.80. The number of amides is 1. The Labute approximate surface area is 182 Å². The predicted octanol–water partition coefficient (Wildman–Crippen LogP) is 5.54. The maximum Gasteiger partial charge on any atom is 0.226 e. The highest BCUT2D eigenvalue weighted by atomic mass is 32.2. The molecule has 1 aliphatic heterocycles. The van der Waals surface area contributed by atoms with E-state index in [9.17, 15) is 4.79 Å². The van der Waals surface area contributed by atoms with Crippen molar-refractivity contribution in [3.63, 3.8) is 0 Å². The van der Waals surface area contributed by atoms with Gasteiger partial charge in [-0.1, -0.05) is 49.2 Å². The van der Waals surface area contributed by atoms with Gasteiger partial charge in [0.2, 0.25) is 5.91 Å². The molecule has 1 heterocycles. The molecular formula is C24H29N3O2S. The molecule has 0 bridgehead atoms. The van der Waals surface area contributed by atoms with Gasteiger partial charge in [0, 0.05) is 31.0 Å². The van der Waals surface area contributed by atoms with Gasteiger partial charge in [-0.05, 0) is 49.2 Å². The van der Waals surface area contributed by atoms with Crippen LogP contribution in [0.5, 0.6) is 11.5 Å². The molecule has 1 N–H and O–H groups in total. The second-order valence-electron chi connectivity index (χ2n) is 7.97. The Bertz CT molecular complexity index is 864. The lowest BCUT2D eigenvalue weighted by molar-refractivity contribution is -0.116. The van der Waals surface area contributed by atoms with Gasteiger partial charge in [-0.3, -0.25) is 9.79 Å². The largest absolute Gasteiger partial charge is 0.457 e. The van der Waals surface area contributed by atoms with Crippen LogP contribution in [0.3, 0.4) is 0 Å². The van der Waals surface area contributed by atoms with Gasteiger partial charge in [0.1, 0.15) is 11.5 Å². The first-order chi connectivity index (χ1) is 14.7. The molecule has 2 aromatic rings. The van der Waals surface area contributed by atoms with Gasteiger partial charge >= 0.3 is 0 Å². The highest BCUT2D eigenvalue weighted by molar-refractivity contribution is 8.14. The Kier molecular flexibility index (Phi) is 6.95. The smallest absolute Gasteiger partial charge is 0.226 e. The number of amidine groups is 1. The highest BCUT2D eigenvalue weighted by Crippen LogP contribution is 2.29. The SMILES string of the molecule is CN1C(=NC2CCCCC2)SCC1CC(=O)Nc1ccc(Oc2ccccc2)cc1. The van der Waals surface area contributed by atoms with Crippen LogP contribution in [0.4, 0.5) is 5.69 Å². The third kappa shape index (κ3) is 5.57. The number of thioether (sulfide) groups is 1. The van der Waals surface area contributed by atoms with E-state index < -0.39 is 0 Å². The van der Waals surface area contributed by atoms with Crippen molar-refractivity contribution in [3.8, 4) is 11.5 Å². The molecule has 30 heavy (non-hydrogen) atoms. The Hall–Kier alpha value is -2.47. The minimum Gasteiger partial charge on any atom is -0.457 e. The van der Waals surface area contributed by atoms with E-state index >= 15 is 0 Å². The molecule has 1 atom stereocenters. The lowest BCUT2D eigenvalue weighted by Crippen LogP contribution is -2.34. The molecular weight excluding hydrogens is 394 g/mol. The molecule has 0 radical (unpaired) electrons. The Morgan fingerprint density at radius 3 is 2.50 bits per heavy atom.